The van der Waals surface area contributed by atoms with Crippen LogP contribution in [0.1, 0.15) is 17.5 Å². The summed E-state index contributed by atoms with van der Waals surface area (Å²) in [5.41, 5.74) is 2.83. The van der Waals surface area contributed by atoms with Crippen molar-refractivity contribution in [3.63, 3.8) is 0 Å². The molecular formula is C15H23Cl2N3O. The summed E-state index contributed by atoms with van der Waals surface area (Å²) in [6, 6.07) is 4.39. The highest BCUT2D eigenvalue weighted by molar-refractivity contribution is 6.34. The molecule has 1 heterocycles. The van der Waals surface area contributed by atoms with Gasteiger partial charge >= 0.3 is 0 Å². The van der Waals surface area contributed by atoms with E-state index >= 15 is 0 Å². The molecule has 118 valence electrons. The van der Waals surface area contributed by atoms with Crippen LogP contribution < -0.4 is 10.6 Å². The fourth-order valence-electron chi connectivity index (χ4n) is 2.67. The lowest BCUT2D eigenvalue weighted by Crippen LogP contribution is -2.34. The lowest BCUT2D eigenvalue weighted by molar-refractivity contribution is -0.117. The van der Waals surface area contributed by atoms with Crippen LogP contribution in [0.2, 0.25) is 5.02 Å². The molecule has 21 heavy (non-hydrogen) atoms. The van der Waals surface area contributed by atoms with Gasteiger partial charge in [0.2, 0.25) is 5.91 Å². The molecule has 1 fully saturated rings. The number of nitrogens with zero attached hydrogens (tertiary/aromatic N) is 1. The van der Waals surface area contributed by atoms with Gasteiger partial charge in [-0.1, -0.05) is 17.7 Å². The van der Waals surface area contributed by atoms with Crippen molar-refractivity contribution in [1.82, 2.24) is 10.2 Å². The number of aryl methyl sites for hydroxylation is 2. The first-order valence-corrected chi connectivity index (χ1v) is 7.33. The van der Waals surface area contributed by atoms with Gasteiger partial charge in [-0.05, 0) is 44.5 Å². The number of carbonyl (C=O) groups excluding carboxylic acids is 1. The number of hydrogen-bond acceptors (Lipinski definition) is 3. The van der Waals surface area contributed by atoms with Crippen LogP contribution in [0.3, 0.4) is 0 Å². The van der Waals surface area contributed by atoms with Crippen molar-refractivity contribution >= 4 is 35.6 Å². The lowest BCUT2D eigenvalue weighted by Gasteiger charge is -2.17. The summed E-state index contributed by atoms with van der Waals surface area (Å²) in [5, 5.41) is 6.78. The van der Waals surface area contributed by atoms with E-state index in [1.807, 2.05) is 33.0 Å². The summed E-state index contributed by atoms with van der Waals surface area (Å²) in [6.45, 7) is 6.25. The van der Waals surface area contributed by atoms with Crippen LogP contribution >= 0.6 is 24.0 Å². The smallest absolute Gasteiger partial charge is 0.238 e. The molecule has 1 amide bonds. The first-order valence-electron chi connectivity index (χ1n) is 6.96. The SMILES string of the molecule is CNC1CCN(CC(=O)Nc2c(C)cc(C)cc2Cl)C1.Cl. The number of benzene rings is 1. The first kappa shape index (κ1) is 18.2. The van der Waals surface area contributed by atoms with Crippen molar-refractivity contribution in [2.45, 2.75) is 26.3 Å². The van der Waals surface area contributed by atoms with Gasteiger partial charge in [-0.3, -0.25) is 9.69 Å². The van der Waals surface area contributed by atoms with Crippen molar-refractivity contribution in [2.24, 2.45) is 0 Å². The molecule has 0 aromatic heterocycles. The van der Waals surface area contributed by atoms with Crippen molar-refractivity contribution in [3.05, 3.63) is 28.3 Å². The molecule has 1 aliphatic heterocycles. The summed E-state index contributed by atoms with van der Waals surface area (Å²) in [4.78, 5) is 14.3. The molecule has 2 rings (SSSR count). The van der Waals surface area contributed by atoms with Gasteiger partial charge in [-0.15, -0.1) is 12.4 Å². The number of nitrogens with one attached hydrogen (secondary N) is 2. The predicted molar refractivity (Wildman–Crippen MR) is 90.7 cm³/mol. The molecule has 0 bridgehead atoms. The molecule has 1 atom stereocenters. The van der Waals surface area contributed by atoms with Crippen molar-refractivity contribution in [1.29, 1.82) is 0 Å². The summed E-state index contributed by atoms with van der Waals surface area (Å²) in [7, 11) is 1.96. The Morgan fingerprint density at radius 2 is 2.14 bits per heavy atom. The number of anilines is 1. The number of halogens is 2. The minimum atomic E-state index is -0.00407. The van der Waals surface area contributed by atoms with Crippen molar-refractivity contribution < 1.29 is 4.79 Å². The lowest BCUT2D eigenvalue weighted by atomic mass is 10.1. The van der Waals surface area contributed by atoms with Crippen molar-refractivity contribution in [3.8, 4) is 0 Å². The van der Waals surface area contributed by atoms with Gasteiger partial charge in [0.15, 0.2) is 0 Å². The van der Waals surface area contributed by atoms with E-state index in [2.05, 4.69) is 15.5 Å². The van der Waals surface area contributed by atoms with E-state index in [4.69, 9.17) is 11.6 Å². The van der Waals surface area contributed by atoms with Crippen LogP contribution in [0.5, 0.6) is 0 Å². The average molecular weight is 332 g/mol. The number of carbonyl (C=O) groups is 1. The summed E-state index contributed by atoms with van der Waals surface area (Å²) < 4.78 is 0. The Balaban J connectivity index is 0.00000220. The Kier molecular flexibility index (Phi) is 6.94. The molecule has 2 N–H and O–H groups in total. The van der Waals surface area contributed by atoms with Gasteiger partial charge in [0, 0.05) is 19.1 Å². The van der Waals surface area contributed by atoms with Crippen molar-refractivity contribution in [2.75, 3.05) is 32.0 Å². The zero-order valence-electron chi connectivity index (χ0n) is 12.7. The van der Waals surface area contributed by atoms with Gasteiger partial charge in [0.25, 0.3) is 0 Å². The number of likely N-dealkylation sites (tertiary alicyclic amines) is 1. The van der Waals surface area contributed by atoms with Gasteiger partial charge in [-0.2, -0.15) is 0 Å². The molecule has 0 aliphatic carbocycles. The number of hydrogen-bond donors (Lipinski definition) is 2. The Bertz CT molecular complexity index is 485. The fourth-order valence-corrected chi connectivity index (χ4v) is 3.04. The highest BCUT2D eigenvalue weighted by Gasteiger charge is 2.23. The van der Waals surface area contributed by atoms with Gasteiger partial charge in [0.05, 0.1) is 17.3 Å². The number of rotatable bonds is 4. The van der Waals surface area contributed by atoms with Crippen LogP contribution in [0.25, 0.3) is 0 Å². The quantitative estimate of drug-likeness (QED) is 0.891. The van der Waals surface area contributed by atoms with E-state index in [9.17, 15) is 4.79 Å². The third kappa shape index (κ3) is 4.85. The van der Waals surface area contributed by atoms with Gasteiger partial charge in [-0.25, -0.2) is 0 Å². The first-order chi connectivity index (χ1) is 9.49. The second kappa shape index (κ2) is 7.99. The Morgan fingerprint density at radius 1 is 1.43 bits per heavy atom. The molecule has 6 heteroatoms. The minimum Gasteiger partial charge on any atom is -0.323 e. The molecule has 1 aliphatic rings. The topological polar surface area (TPSA) is 44.4 Å². The second-order valence-electron chi connectivity index (χ2n) is 5.50. The average Bonchev–Trinajstić information content (AvgIpc) is 2.81. The van der Waals surface area contributed by atoms with Crippen LogP contribution in [0, 0.1) is 13.8 Å². The highest BCUT2D eigenvalue weighted by atomic mass is 35.5. The zero-order valence-corrected chi connectivity index (χ0v) is 14.3. The van der Waals surface area contributed by atoms with E-state index in [0.29, 0.717) is 17.6 Å². The molecule has 0 saturated carbocycles. The summed E-state index contributed by atoms with van der Waals surface area (Å²) in [5.74, 6) is -0.00407. The Morgan fingerprint density at radius 3 is 2.71 bits per heavy atom. The Hall–Kier alpha value is -0.810. The molecule has 1 unspecified atom stereocenters. The van der Waals surface area contributed by atoms with E-state index in [1.165, 1.54) is 0 Å². The molecule has 0 spiro atoms. The third-order valence-corrected chi connectivity index (χ3v) is 4.04. The third-order valence-electron chi connectivity index (χ3n) is 3.74. The minimum absolute atomic E-state index is 0. The molecule has 1 aromatic rings. The molecule has 4 nitrogen and oxygen atoms in total. The van der Waals surface area contributed by atoms with Crippen LogP contribution in [0.4, 0.5) is 5.69 Å². The molecular weight excluding hydrogens is 309 g/mol. The maximum Gasteiger partial charge on any atom is 0.238 e. The zero-order chi connectivity index (χ0) is 14.7. The van der Waals surface area contributed by atoms with Crippen LogP contribution in [0.15, 0.2) is 12.1 Å². The normalized spacial score (nSPS) is 18.4. The molecule has 0 radical (unpaired) electrons. The fraction of sp³-hybridized carbons (Fsp3) is 0.533. The number of amides is 1. The summed E-state index contributed by atoms with van der Waals surface area (Å²) >= 11 is 6.20. The largest absolute Gasteiger partial charge is 0.323 e. The van der Waals surface area contributed by atoms with E-state index in [-0.39, 0.29) is 18.3 Å². The van der Waals surface area contributed by atoms with Gasteiger partial charge < -0.3 is 10.6 Å². The molecule has 1 aromatic carbocycles. The highest BCUT2D eigenvalue weighted by Crippen LogP contribution is 2.27. The number of likely N-dealkylation sites (N-methyl/N-ethyl adjacent to an activating group) is 1. The standard InChI is InChI=1S/C15H22ClN3O.ClH/c1-10-6-11(2)15(13(16)7-10)18-14(20)9-19-5-4-12(8-19)17-3;/h6-7,12,17H,4-5,8-9H2,1-3H3,(H,18,20);1H. The maximum atomic E-state index is 12.1. The van der Waals surface area contributed by atoms with Gasteiger partial charge in [0.1, 0.15) is 0 Å². The monoisotopic (exact) mass is 331 g/mol. The van der Waals surface area contributed by atoms with E-state index < -0.39 is 0 Å². The molecule has 1 saturated heterocycles. The van der Waals surface area contributed by atoms with E-state index in [1.54, 1.807) is 0 Å². The second-order valence-corrected chi connectivity index (χ2v) is 5.90. The van der Waals surface area contributed by atoms with E-state index in [0.717, 1.165) is 36.3 Å². The Labute approximate surface area is 137 Å². The maximum absolute atomic E-state index is 12.1. The predicted octanol–water partition coefficient (Wildman–Crippen LogP) is 2.61. The van der Waals surface area contributed by atoms with Crippen LogP contribution in [-0.2, 0) is 4.79 Å². The van der Waals surface area contributed by atoms with Crippen LogP contribution in [-0.4, -0.2) is 43.5 Å². The summed E-state index contributed by atoms with van der Waals surface area (Å²) in [6.07, 6.45) is 1.09.